The fraction of sp³-hybridized carbons (Fsp3) is 1.00. The van der Waals surface area contributed by atoms with Crippen molar-refractivity contribution in [1.82, 2.24) is 0 Å². The first-order chi connectivity index (χ1) is 10.9. The van der Waals surface area contributed by atoms with Crippen LogP contribution in [0, 0.1) is 5.92 Å². The first kappa shape index (κ1) is 19.0. The zero-order valence-electron chi connectivity index (χ0n) is 12.9. The summed E-state index contributed by atoms with van der Waals surface area (Å²) in [6, 6.07) is 0. The lowest BCUT2D eigenvalue weighted by atomic mass is 9.84. The van der Waals surface area contributed by atoms with Crippen molar-refractivity contribution in [2.24, 2.45) is 5.92 Å². The Morgan fingerprint density at radius 1 is 0.913 bits per heavy atom. The van der Waals surface area contributed by atoms with Gasteiger partial charge in [0.25, 0.3) is 0 Å². The average Bonchev–Trinajstić information content (AvgIpc) is 2.55. The van der Waals surface area contributed by atoms with Crippen molar-refractivity contribution >= 4 is 0 Å². The van der Waals surface area contributed by atoms with Crippen LogP contribution in [-0.4, -0.2) is 100.0 Å². The van der Waals surface area contributed by atoms with Gasteiger partial charge in [0.15, 0.2) is 6.29 Å². The average molecular weight is 338 g/mol. The molecule has 0 amide bonds. The molecular weight excluding hydrogens is 312 g/mol. The van der Waals surface area contributed by atoms with Crippen LogP contribution in [0.3, 0.4) is 0 Å². The second-order valence-electron chi connectivity index (χ2n) is 6.11. The molecule has 0 spiro atoms. The van der Waals surface area contributed by atoms with Crippen molar-refractivity contribution in [3.05, 3.63) is 0 Å². The van der Waals surface area contributed by atoms with Gasteiger partial charge in [0.2, 0.25) is 0 Å². The molecular formula is C14H26O9. The van der Waals surface area contributed by atoms with Gasteiger partial charge < -0.3 is 44.8 Å². The fourth-order valence-corrected chi connectivity index (χ4v) is 3.27. The minimum absolute atomic E-state index is 0.122. The van der Waals surface area contributed by atoms with Gasteiger partial charge in [0.1, 0.15) is 24.4 Å². The summed E-state index contributed by atoms with van der Waals surface area (Å²) in [6.45, 7) is -0.899. The lowest BCUT2D eigenvalue weighted by molar-refractivity contribution is -0.286. The zero-order valence-corrected chi connectivity index (χ0v) is 12.9. The molecule has 0 radical (unpaired) electrons. The van der Waals surface area contributed by atoms with Crippen molar-refractivity contribution in [3.63, 3.8) is 0 Å². The Labute approximate surface area is 134 Å². The Kier molecular flexibility index (Phi) is 6.72. The van der Waals surface area contributed by atoms with Crippen LogP contribution >= 0.6 is 0 Å². The lowest BCUT2D eigenvalue weighted by Gasteiger charge is -2.44. The molecule has 0 bridgehead atoms. The summed E-state index contributed by atoms with van der Waals surface area (Å²) < 4.78 is 16.1. The molecule has 2 fully saturated rings. The van der Waals surface area contributed by atoms with Crippen LogP contribution in [0.1, 0.15) is 12.8 Å². The molecule has 136 valence electrons. The first-order valence-corrected chi connectivity index (χ1v) is 7.70. The number of hydrogen-bond donors (Lipinski definition) is 6. The van der Waals surface area contributed by atoms with E-state index in [1.54, 1.807) is 0 Å². The number of ether oxygens (including phenoxy) is 3. The molecule has 2 aliphatic heterocycles. The van der Waals surface area contributed by atoms with Crippen molar-refractivity contribution in [2.45, 2.75) is 61.9 Å². The molecule has 0 aromatic rings. The Hall–Kier alpha value is -0.360. The van der Waals surface area contributed by atoms with Crippen LogP contribution in [0.4, 0.5) is 0 Å². The summed E-state index contributed by atoms with van der Waals surface area (Å²) in [7, 11) is 1.38. The van der Waals surface area contributed by atoms with E-state index in [2.05, 4.69) is 0 Å². The van der Waals surface area contributed by atoms with E-state index in [0.717, 1.165) is 0 Å². The van der Waals surface area contributed by atoms with E-state index < -0.39 is 68.1 Å². The highest BCUT2D eigenvalue weighted by Gasteiger charge is 2.47. The summed E-state index contributed by atoms with van der Waals surface area (Å²) in [4.78, 5) is 0. The maximum atomic E-state index is 10.3. The third kappa shape index (κ3) is 4.01. The minimum atomic E-state index is -1.27. The van der Waals surface area contributed by atoms with Gasteiger partial charge >= 0.3 is 0 Å². The minimum Gasteiger partial charge on any atom is -0.394 e. The van der Waals surface area contributed by atoms with E-state index in [-0.39, 0.29) is 12.8 Å². The monoisotopic (exact) mass is 338 g/mol. The summed E-state index contributed by atoms with van der Waals surface area (Å²) in [5.74, 6) is -0.649. The Morgan fingerprint density at radius 3 is 2.09 bits per heavy atom. The van der Waals surface area contributed by atoms with Crippen molar-refractivity contribution in [2.75, 3.05) is 20.3 Å². The van der Waals surface area contributed by atoms with E-state index in [9.17, 15) is 25.5 Å². The SMILES string of the molecule is CO[C@H]1O[C@H](CO)[C@@H](O)[C@H](O)[C@H]1C[C@H]1C[C@@H](O)[C@H](O)[C@@H](CO)O1. The van der Waals surface area contributed by atoms with Gasteiger partial charge in [0.05, 0.1) is 31.5 Å². The fourth-order valence-electron chi connectivity index (χ4n) is 3.27. The second kappa shape index (κ2) is 8.15. The van der Waals surface area contributed by atoms with Gasteiger partial charge in [-0.05, 0) is 6.42 Å². The molecule has 0 aromatic heterocycles. The molecule has 9 nitrogen and oxygen atoms in total. The number of aliphatic hydroxyl groups excluding tert-OH is 6. The van der Waals surface area contributed by atoms with Crippen LogP contribution in [0.2, 0.25) is 0 Å². The molecule has 0 saturated carbocycles. The standard InChI is InChI=1S/C14H26O9/c1-21-14-7(11(18)13(20)10(5-16)23-14)2-6-3-8(17)12(19)9(4-15)22-6/h6-20H,2-5H2,1H3/t6-,7+,8+,9+,10+,11+,12-,13+,14-/m0/s1. The Balaban J connectivity index is 2.05. The van der Waals surface area contributed by atoms with Gasteiger partial charge in [-0.15, -0.1) is 0 Å². The summed E-state index contributed by atoms with van der Waals surface area (Å²) in [5, 5.41) is 58.2. The highest BCUT2D eigenvalue weighted by Crippen LogP contribution is 2.33. The predicted molar refractivity (Wildman–Crippen MR) is 75.3 cm³/mol. The summed E-state index contributed by atoms with van der Waals surface area (Å²) in [6.07, 6.45) is -7.66. The van der Waals surface area contributed by atoms with Crippen molar-refractivity contribution in [1.29, 1.82) is 0 Å². The van der Waals surface area contributed by atoms with Gasteiger partial charge in [-0.3, -0.25) is 0 Å². The number of rotatable bonds is 5. The van der Waals surface area contributed by atoms with Crippen LogP contribution in [0.25, 0.3) is 0 Å². The topological polar surface area (TPSA) is 149 Å². The molecule has 0 aliphatic carbocycles. The first-order valence-electron chi connectivity index (χ1n) is 7.70. The van der Waals surface area contributed by atoms with E-state index in [0.29, 0.717) is 0 Å². The molecule has 0 aromatic carbocycles. The van der Waals surface area contributed by atoms with Gasteiger partial charge in [0, 0.05) is 19.4 Å². The molecule has 0 unspecified atom stereocenters. The summed E-state index contributed by atoms with van der Waals surface area (Å²) in [5.41, 5.74) is 0. The molecule has 2 heterocycles. The number of hydrogen-bond acceptors (Lipinski definition) is 9. The molecule has 2 saturated heterocycles. The van der Waals surface area contributed by atoms with E-state index >= 15 is 0 Å². The van der Waals surface area contributed by atoms with E-state index in [4.69, 9.17) is 19.3 Å². The third-order valence-corrected chi connectivity index (χ3v) is 4.60. The van der Waals surface area contributed by atoms with Crippen LogP contribution in [0.15, 0.2) is 0 Å². The molecule has 9 atom stereocenters. The van der Waals surface area contributed by atoms with Crippen molar-refractivity contribution in [3.8, 4) is 0 Å². The van der Waals surface area contributed by atoms with Gasteiger partial charge in [-0.1, -0.05) is 0 Å². The lowest BCUT2D eigenvalue weighted by Crippen LogP contribution is -2.58. The van der Waals surface area contributed by atoms with E-state index in [1.807, 2.05) is 0 Å². The predicted octanol–water partition coefficient (Wildman–Crippen LogP) is -3.05. The Bertz CT molecular complexity index is 366. The molecule has 2 rings (SSSR count). The van der Waals surface area contributed by atoms with Crippen LogP contribution in [0.5, 0.6) is 0 Å². The van der Waals surface area contributed by atoms with E-state index in [1.165, 1.54) is 7.11 Å². The van der Waals surface area contributed by atoms with Gasteiger partial charge in [-0.2, -0.15) is 0 Å². The highest BCUT2D eigenvalue weighted by molar-refractivity contribution is 4.92. The number of aliphatic hydroxyl groups is 6. The highest BCUT2D eigenvalue weighted by atomic mass is 16.7. The number of methoxy groups -OCH3 is 1. The van der Waals surface area contributed by atoms with Crippen molar-refractivity contribution < 1.29 is 44.8 Å². The maximum Gasteiger partial charge on any atom is 0.163 e. The third-order valence-electron chi connectivity index (χ3n) is 4.60. The zero-order chi connectivity index (χ0) is 17.1. The summed E-state index contributed by atoms with van der Waals surface area (Å²) >= 11 is 0. The molecule has 2 aliphatic rings. The Morgan fingerprint density at radius 2 is 1.52 bits per heavy atom. The molecule has 6 N–H and O–H groups in total. The smallest absolute Gasteiger partial charge is 0.163 e. The van der Waals surface area contributed by atoms with Crippen LogP contribution < -0.4 is 0 Å². The quantitative estimate of drug-likeness (QED) is 0.307. The second-order valence-corrected chi connectivity index (χ2v) is 6.11. The molecule has 9 heteroatoms. The van der Waals surface area contributed by atoms with Gasteiger partial charge in [-0.25, -0.2) is 0 Å². The normalized spacial score (nSPS) is 48.4. The maximum absolute atomic E-state index is 10.3. The molecule has 23 heavy (non-hydrogen) atoms. The largest absolute Gasteiger partial charge is 0.394 e. The van der Waals surface area contributed by atoms with Crippen LogP contribution in [-0.2, 0) is 14.2 Å².